The van der Waals surface area contributed by atoms with Gasteiger partial charge in [-0.15, -0.1) is 0 Å². The third-order valence-corrected chi connectivity index (χ3v) is 4.21. The lowest BCUT2D eigenvalue weighted by atomic mass is 9.80. The number of nitrogens with one attached hydrogen (secondary N) is 1. The van der Waals surface area contributed by atoms with E-state index >= 15 is 0 Å². The molecule has 2 unspecified atom stereocenters. The van der Waals surface area contributed by atoms with Crippen LogP contribution < -0.4 is 11.1 Å². The fourth-order valence-electron chi connectivity index (χ4n) is 2.58. The van der Waals surface area contributed by atoms with Crippen molar-refractivity contribution in [2.75, 3.05) is 6.54 Å². The van der Waals surface area contributed by atoms with Crippen molar-refractivity contribution in [2.45, 2.75) is 38.6 Å². The van der Waals surface area contributed by atoms with Crippen molar-refractivity contribution in [3.63, 3.8) is 0 Å². The Morgan fingerprint density at radius 3 is 2.58 bits per heavy atom. The average molecular weight is 260 g/mol. The van der Waals surface area contributed by atoms with Gasteiger partial charge >= 0.3 is 0 Å². The van der Waals surface area contributed by atoms with Gasteiger partial charge in [-0.05, 0) is 37.7 Å². The summed E-state index contributed by atoms with van der Waals surface area (Å²) in [6.45, 7) is 2.51. The van der Waals surface area contributed by atoms with Crippen LogP contribution >= 0.6 is 0 Å². The first-order valence-corrected chi connectivity index (χ1v) is 7.25. The molecule has 0 aliphatic heterocycles. The molecule has 0 spiro atoms. The minimum Gasteiger partial charge on any atom is -0.353 e. The van der Waals surface area contributed by atoms with Crippen molar-refractivity contribution >= 4 is 5.91 Å². The van der Waals surface area contributed by atoms with E-state index in [1.807, 2.05) is 30.3 Å². The Morgan fingerprint density at radius 1 is 1.37 bits per heavy atom. The van der Waals surface area contributed by atoms with Crippen molar-refractivity contribution < 1.29 is 4.79 Å². The maximum atomic E-state index is 12.2. The molecular formula is C16H24N2O. The van der Waals surface area contributed by atoms with Crippen LogP contribution in [0.4, 0.5) is 0 Å². The zero-order valence-electron chi connectivity index (χ0n) is 11.6. The van der Waals surface area contributed by atoms with Crippen LogP contribution in [0.25, 0.3) is 0 Å². The first-order chi connectivity index (χ1) is 9.20. The molecule has 0 heterocycles. The third kappa shape index (κ3) is 3.80. The van der Waals surface area contributed by atoms with E-state index in [-0.39, 0.29) is 17.9 Å². The normalized spacial score (nSPS) is 18.4. The van der Waals surface area contributed by atoms with Crippen LogP contribution in [-0.2, 0) is 11.2 Å². The number of hydrogen-bond donors (Lipinski definition) is 2. The van der Waals surface area contributed by atoms with Crippen molar-refractivity contribution in [3.8, 4) is 0 Å². The number of nitrogens with two attached hydrogens (primary N) is 1. The van der Waals surface area contributed by atoms with Gasteiger partial charge in [-0.2, -0.15) is 0 Å². The van der Waals surface area contributed by atoms with Crippen LogP contribution in [0.3, 0.4) is 0 Å². The molecular weight excluding hydrogens is 236 g/mol. The van der Waals surface area contributed by atoms with E-state index in [0.29, 0.717) is 12.5 Å². The largest absolute Gasteiger partial charge is 0.353 e. The van der Waals surface area contributed by atoms with Crippen LogP contribution in [0.5, 0.6) is 0 Å². The molecule has 3 N–H and O–H groups in total. The summed E-state index contributed by atoms with van der Waals surface area (Å²) in [7, 11) is 0. The Morgan fingerprint density at radius 2 is 2.05 bits per heavy atom. The number of amides is 1. The van der Waals surface area contributed by atoms with E-state index in [1.54, 1.807) is 0 Å². The van der Waals surface area contributed by atoms with Crippen LogP contribution in [0, 0.1) is 11.8 Å². The van der Waals surface area contributed by atoms with Gasteiger partial charge in [-0.3, -0.25) is 4.79 Å². The number of benzene rings is 1. The van der Waals surface area contributed by atoms with E-state index < -0.39 is 0 Å². The molecule has 1 fully saturated rings. The lowest BCUT2D eigenvalue weighted by Gasteiger charge is -2.32. The summed E-state index contributed by atoms with van der Waals surface area (Å²) in [4.78, 5) is 12.2. The first-order valence-electron chi connectivity index (χ1n) is 7.25. The Hall–Kier alpha value is -1.35. The van der Waals surface area contributed by atoms with Gasteiger partial charge in [0.05, 0.1) is 5.92 Å². The smallest absolute Gasteiger partial charge is 0.224 e. The molecule has 0 bridgehead atoms. The molecule has 104 valence electrons. The Balaban J connectivity index is 1.87. The van der Waals surface area contributed by atoms with E-state index in [0.717, 1.165) is 6.42 Å². The lowest BCUT2D eigenvalue weighted by Crippen LogP contribution is -2.45. The quantitative estimate of drug-likeness (QED) is 0.823. The van der Waals surface area contributed by atoms with Gasteiger partial charge in [0.15, 0.2) is 0 Å². The number of hydrogen-bond acceptors (Lipinski definition) is 2. The fraction of sp³-hybridized carbons (Fsp3) is 0.562. The van der Waals surface area contributed by atoms with E-state index in [2.05, 4.69) is 12.2 Å². The summed E-state index contributed by atoms with van der Waals surface area (Å²) >= 11 is 0. The second kappa shape index (κ2) is 6.71. The predicted molar refractivity (Wildman–Crippen MR) is 77.6 cm³/mol. The highest BCUT2D eigenvalue weighted by Crippen LogP contribution is 2.29. The summed E-state index contributed by atoms with van der Waals surface area (Å²) in [5, 5.41) is 3.13. The molecule has 19 heavy (non-hydrogen) atoms. The highest BCUT2D eigenvalue weighted by molar-refractivity contribution is 5.79. The zero-order valence-corrected chi connectivity index (χ0v) is 11.6. The Kier molecular flexibility index (Phi) is 4.97. The van der Waals surface area contributed by atoms with Gasteiger partial charge in [-0.1, -0.05) is 36.8 Å². The number of rotatable bonds is 6. The Bertz CT molecular complexity index is 400. The van der Waals surface area contributed by atoms with E-state index in [1.165, 1.54) is 24.8 Å². The van der Waals surface area contributed by atoms with Crippen molar-refractivity contribution in [1.82, 2.24) is 5.32 Å². The van der Waals surface area contributed by atoms with Gasteiger partial charge < -0.3 is 11.1 Å². The van der Waals surface area contributed by atoms with Crippen LogP contribution in [-0.4, -0.2) is 18.5 Å². The lowest BCUT2D eigenvalue weighted by molar-refractivity contribution is -0.125. The molecule has 1 aromatic rings. The van der Waals surface area contributed by atoms with Crippen molar-refractivity contribution in [3.05, 3.63) is 35.9 Å². The van der Waals surface area contributed by atoms with Gasteiger partial charge in [0.25, 0.3) is 0 Å². The standard InChI is InChI=1S/C16H24N2O/c1-12(14-8-5-9-14)18-16(19)15(11-17)10-13-6-3-2-4-7-13/h2-4,6-7,12,14-15H,5,8-11,17H2,1H3,(H,18,19). The molecule has 1 aliphatic carbocycles. The fourth-order valence-corrected chi connectivity index (χ4v) is 2.58. The van der Waals surface area contributed by atoms with Crippen LogP contribution in [0.2, 0.25) is 0 Å². The van der Waals surface area contributed by atoms with Gasteiger partial charge in [0, 0.05) is 12.6 Å². The average Bonchev–Trinajstić information content (AvgIpc) is 2.34. The second-order valence-corrected chi connectivity index (χ2v) is 5.61. The highest BCUT2D eigenvalue weighted by Gasteiger charge is 2.27. The van der Waals surface area contributed by atoms with Crippen molar-refractivity contribution in [2.24, 2.45) is 17.6 Å². The minimum absolute atomic E-state index is 0.103. The number of carbonyl (C=O) groups is 1. The van der Waals surface area contributed by atoms with Crippen LogP contribution in [0.1, 0.15) is 31.7 Å². The second-order valence-electron chi connectivity index (χ2n) is 5.61. The predicted octanol–water partition coefficient (Wildman–Crippen LogP) is 2.11. The Labute approximate surface area is 115 Å². The summed E-state index contributed by atoms with van der Waals surface area (Å²) < 4.78 is 0. The first kappa shape index (κ1) is 14.1. The maximum Gasteiger partial charge on any atom is 0.224 e. The maximum absolute atomic E-state index is 12.2. The summed E-state index contributed by atoms with van der Waals surface area (Å²) in [6, 6.07) is 10.4. The summed E-state index contributed by atoms with van der Waals surface area (Å²) in [6.07, 6.45) is 4.51. The van der Waals surface area contributed by atoms with Gasteiger partial charge in [-0.25, -0.2) is 0 Å². The number of carbonyl (C=O) groups excluding carboxylic acids is 1. The molecule has 0 saturated heterocycles. The molecule has 1 aliphatic rings. The molecule has 1 saturated carbocycles. The monoisotopic (exact) mass is 260 g/mol. The molecule has 0 radical (unpaired) electrons. The SMILES string of the molecule is CC(NC(=O)C(CN)Cc1ccccc1)C1CCC1. The van der Waals surface area contributed by atoms with Gasteiger partial charge in [0.2, 0.25) is 5.91 Å². The zero-order chi connectivity index (χ0) is 13.7. The molecule has 3 heteroatoms. The summed E-state index contributed by atoms with van der Waals surface area (Å²) in [5.74, 6) is 0.648. The van der Waals surface area contributed by atoms with E-state index in [4.69, 9.17) is 5.73 Å². The highest BCUT2D eigenvalue weighted by atomic mass is 16.1. The molecule has 3 nitrogen and oxygen atoms in total. The molecule has 0 aromatic heterocycles. The van der Waals surface area contributed by atoms with Gasteiger partial charge in [0.1, 0.15) is 0 Å². The third-order valence-electron chi connectivity index (χ3n) is 4.21. The molecule has 2 rings (SSSR count). The molecule has 1 amide bonds. The minimum atomic E-state index is -0.120. The topological polar surface area (TPSA) is 55.1 Å². The van der Waals surface area contributed by atoms with Crippen LogP contribution in [0.15, 0.2) is 30.3 Å². The van der Waals surface area contributed by atoms with Crippen molar-refractivity contribution in [1.29, 1.82) is 0 Å². The molecule has 2 atom stereocenters. The van der Waals surface area contributed by atoms with E-state index in [9.17, 15) is 4.79 Å². The summed E-state index contributed by atoms with van der Waals surface area (Å²) in [5.41, 5.74) is 6.93. The molecule has 1 aromatic carbocycles.